The zero-order valence-corrected chi connectivity index (χ0v) is 32.1. The second kappa shape index (κ2) is 13.7. The second-order valence-electron chi connectivity index (χ2n) is 16.4. The van der Waals surface area contributed by atoms with Crippen LogP contribution in [0, 0.1) is 5.92 Å². The van der Waals surface area contributed by atoms with Crippen LogP contribution >= 0.6 is 0 Å². The first-order chi connectivity index (χ1) is 26.8. The summed E-state index contributed by atoms with van der Waals surface area (Å²) in [5, 5.41) is 0. The SMILES string of the molecule is C=N/C=C(\C=NCc1ccc(C(C)(C)C)cc1)c1ccc2c(c1)C1(c3ccccc3-c3ccccc31)c1cc(-c3cnc(C4C=CC(C)CC4)nc3)ccc1-2. The molecule has 2 atom stereocenters. The Balaban J connectivity index is 1.14. The van der Waals surface area contributed by atoms with E-state index >= 15 is 0 Å². The first kappa shape index (κ1) is 34.7. The van der Waals surface area contributed by atoms with E-state index in [9.17, 15) is 0 Å². The van der Waals surface area contributed by atoms with E-state index in [1.165, 1.54) is 62.1 Å². The van der Waals surface area contributed by atoms with Crippen molar-refractivity contribution in [2.45, 2.75) is 63.8 Å². The normalized spacial score (nSPS) is 17.9. The van der Waals surface area contributed by atoms with Crippen LogP contribution in [0.15, 0.2) is 150 Å². The van der Waals surface area contributed by atoms with Gasteiger partial charge in [0.2, 0.25) is 0 Å². The van der Waals surface area contributed by atoms with Crippen molar-refractivity contribution in [3.8, 4) is 33.4 Å². The Morgan fingerprint density at radius 2 is 1.36 bits per heavy atom. The first-order valence-electron chi connectivity index (χ1n) is 19.5. The zero-order valence-electron chi connectivity index (χ0n) is 32.1. The van der Waals surface area contributed by atoms with Crippen LogP contribution in [-0.2, 0) is 17.4 Å². The molecule has 3 aliphatic carbocycles. The second-order valence-corrected chi connectivity index (χ2v) is 16.4. The Morgan fingerprint density at radius 1 is 0.727 bits per heavy atom. The highest BCUT2D eigenvalue weighted by atomic mass is 14.9. The average molecular weight is 715 g/mol. The van der Waals surface area contributed by atoms with Gasteiger partial charge in [-0.15, -0.1) is 0 Å². The summed E-state index contributed by atoms with van der Waals surface area (Å²) in [4.78, 5) is 19.0. The summed E-state index contributed by atoms with van der Waals surface area (Å²) < 4.78 is 0. The molecule has 0 saturated heterocycles. The molecule has 0 radical (unpaired) electrons. The molecule has 4 nitrogen and oxygen atoms in total. The standard InChI is InChI=1S/C51H46N4/c1-33-14-18-35(19-15-33)49-54-31-39(32-55-49)37-21-25-44-43-24-20-36(38(29-52-5)30-53-28-34-16-22-40(23-17-34)50(2,3)4)26-47(43)51(48(44)27-37)45-12-8-6-10-41(45)42-11-7-9-13-46(42)51/h6-14,16-18,20-27,29-33,35H,5,15,19,28H2,1-4H3/b38-29+,53-30?. The Labute approximate surface area is 325 Å². The van der Waals surface area contributed by atoms with Crippen LogP contribution in [0.4, 0.5) is 0 Å². The highest BCUT2D eigenvalue weighted by molar-refractivity contribution is 6.10. The van der Waals surface area contributed by atoms with Gasteiger partial charge in [-0.25, -0.2) is 9.97 Å². The topological polar surface area (TPSA) is 50.5 Å². The van der Waals surface area contributed by atoms with Gasteiger partial charge in [0, 0.05) is 41.9 Å². The van der Waals surface area contributed by atoms with Crippen molar-refractivity contribution in [3.05, 3.63) is 185 Å². The summed E-state index contributed by atoms with van der Waals surface area (Å²) in [5.74, 6) is 1.81. The number of hydrogen-bond acceptors (Lipinski definition) is 4. The molecule has 0 N–H and O–H groups in total. The lowest BCUT2D eigenvalue weighted by Gasteiger charge is -2.31. The van der Waals surface area contributed by atoms with Gasteiger partial charge in [0.05, 0.1) is 12.0 Å². The zero-order chi connectivity index (χ0) is 37.7. The molecule has 0 bridgehead atoms. The molecule has 1 aromatic heterocycles. The third-order valence-electron chi connectivity index (χ3n) is 11.9. The van der Waals surface area contributed by atoms with Crippen LogP contribution in [0.2, 0.25) is 0 Å². The highest BCUT2D eigenvalue weighted by Gasteiger charge is 2.51. The lowest BCUT2D eigenvalue weighted by molar-refractivity contribution is 0.532. The molecule has 5 aromatic carbocycles. The molecule has 1 spiro atoms. The van der Waals surface area contributed by atoms with Crippen molar-refractivity contribution < 1.29 is 0 Å². The van der Waals surface area contributed by atoms with E-state index in [-0.39, 0.29) is 11.3 Å². The lowest BCUT2D eigenvalue weighted by Crippen LogP contribution is -2.26. The molecule has 2 unspecified atom stereocenters. The minimum atomic E-state index is -0.507. The summed E-state index contributed by atoms with van der Waals surface area (Å²) in [5.41, 5.74) is 16.4. The van der Waals surface area contributed by atoms with Crippen LogP contribution in [0.3, 0.4) is 0 Å². The summed E-state index contributed by atoms with van der Waals surface area (Å²) >= 11 is 0. The van der Waals surface area contributed by atoms with E-state index in [0.717, 1.165) is 34.5 Å². The molecule has 0 saturated carbocycles. The molecule has 0 amide bonds. The molecule has 6 aromatic rings. The maximum absolute atomic E-state index is 4.91. The number of aliphatic imine (C=N–C) groups is 2. The number of nitrogens with zero attached hydrogens (tertiary/aromatic N) is 4. The minimum Gasteiger partial charge on any atom is -0.288 e. The van der Waals surface area contributed by atoms with Gasteiger partial charge >= 0.3 is 0 Å². The molecule has 270 valence electrons. The number of rotatable bonds is 7. The van der Waals surface area contributed by atoms with Crippen molar-refractivity contribution in [1.29, 1.82) is 0 Å². The van der Waals surface area contributed by atoms with Crippen LogP contribution < -0.4 is 0 Å². The lowest BCUT2D eigenvalue weighted by atomic mass is 9.70. The highest BCUT2D eigenvalue weighted by Crippen LogP contribution is 2.63. The van der Waals surface area contributed by atoms with E-state index in [2.05, 4.69) is 161 Å². The van der Waals surface area contributed by atoms with Crippen molar-refractivity contribution in [2.24, 2.45) is 15.9 Å². The first-order valence-corrected chi connectivity index (χ1v) is 19.5. The van der Waals surface area contributed by atoms with E-state index in [1.54, 1.807) is 0 Å². The number of benzene rings is 5. The van der Waals surface area contributed by atoms with E-state index < -0.39 is 5.41 Å². The van der Waals surface area contributed by atoms with Gasteiger partial charge in [-0.3, -0.25) is 9.98 Å². The quantitative estimate of drug-likeness (QED) is 0.122. The molecular weight excluding hydrogens is 669 g/mol. The Kier molecular flexibility index (Phi) is 8.65. The van der Waals surface area contributed by atoms with Gasteiger partial charge < -0.3 is 0 Å². The van der Waals surface area contributed by atoms with E-state index in [4.69, 9.17) is 15.0 Å². The molecule has 0 fully saturated rings. The van der Waals surface area contributed by atoms with Crippen LogP contribution in [0.1, 0.15) is 91.2 Å². The smallest absolute Gasteiger partial charge is 0.135 e. The maximum atomic E-state index is 4.91. The monoisotopic (exact) mass is 714 g/mol. The number of hydrogen-bond donors (Lipinski definition) is 0. The van der Waals surface area contributed by atoms with Crippen molar-refractivity contribution in [2.75, 3.05) is 0 Å². The molecule has 1 heterocycles. The summed E-state index contributed by atoms with van der Waals surface area (Å²) in [7, 11) is 0. The minimum absolute atomic E-state index is 0.116. The Bertz CT molecular complexity index is 2480. The maximum Gasteiger partial charge on any atom is 0.135 e. The van der Waals surface area contributed by atoms with Crippen LogP contribution in [0.5, 0.6) is 0 Å². The molecule has 0 aliphatic heterocycles. The largest absolute Gasteiger partial charge is 0.288 e. The van der Waals surface area contributed by atoms with Crippen LogP contribution in [0.25, 0.3) is 39.0 Å². The fourth-order valence-corrected chi connectivity index (χ4v) is 8.99. The molecule has 55 heavy (non-hydrogen) atoms. The van der Waals surface area contributed by atoms with Gasteiger partial charge in [0.25, 0.3) is 0 Å². The third-order valence-corrected chi connectivity index (χ3v) is 11.9. The third kappa shape index (κ3) is 5.92. The number of fused-ring (bicyclic) bond motifs is 10. The summed E-state index contributed by atoms with van der Waals surface area (Å²) in [6.07, 6.45) is 14.6. The van der Waals surface area contributed by atoms with Crippen molar-refractivity contribution >= 4 is 18.5 Å². The van der Waals surface area contributed by atoms with Gasteiger partial charge in [0.15, 0.2) is 0 Å². The average Bonchev–Trinajstić information content (AvgIpc) is 3.67. The predicted octanol–water partition coefficient (Wildman–Crippen LogP) is 12.2. The molecule has 4 heteroatoms. The predicted molar refractivity (Wildman–Crippen MR) is 229 cm³/mol. The fourth-order valence-electron chi connectivity index (χ4n) is 8.99. The van der Waals surface area contributed by atoms with Gasteiger partial charge in [0.1, 0.15) is 5.82 Å². The number of allylic oxidation sites excluding steroid dienone is 3. The van der Waals surface area contributed by atoms with E-state index in [1.807, 2.05) is 24.8 Å². The molecular formula is C51H46N4. The molecule has 3 aliphatic rings. The van der Waals surface area contributed by atoms with Crippen LogP contribution in [-0.4, -0.2) is 22.9 Å². The summed E-state index contributed by atoms with van der Waals surface area (Å²) in [6, 6.07) is 40.4. The van der Waals surface area contributed by atoms with Crippen molar-refractivity contribution in [1.82, 2.24) is 9.97 Å². The Morgan fingerprint density at radius 3 is 2.00 bits per heavy atom. The Hall–Kier alpha value is -6.00. The van der Waals surface area contributed by atoms with Gasteiger partial charge in [-0.1, -0.05) is 137 Å². The van der Waals surface area contributed by atoms with Crippen molar-refractivity contribution in [3.63, 3.8) is 0 Å². The van der Waals surface area contributed by atoms with Gasteiger partial charge in [-0.2, -0.15) is 0 Å². The summed E-state index contributed by atoms with van der Waals surface area (Å²) in [6.45, 7) is 13.4. The molecule has 9 rings (SSSR count). The van der Waals surface area contributed by atoms with E-state index in [0.29, 0.717) is 12.5 Å². The number of aromatic nitrogens is 2. The van der Waals surface area contributed by atoms with Gasteiger partial charge in [-0.05, 0) is 110 Å². The fraction of sp³-hybridized carbons (Fsp3) is 0.216.